The number of hydrogen-bond donors (Lipinski definition) is 2. The number of methoxy groups -OCH3 is 1. The van der Waals surface area contributed by atoms with Crippen molar-refractivity contribution in [3.63, 3.8) is 0 Å². The number of hydrogen-bond acceptors (Lipinski definition) is 8. The molecule has 3 aliphatic heterocycles. The zero-order valence-corrected chi connectivity index (χ0v) is 28.9. The molecule has 1 aromatic rings. The first-order valence-corrected chi connectivity index (χ1v) is 17.4. The highest BCUT2D eigenvalue weighted by molar-refractivity contribution is 9.09. The van der Waals surface area contributed by atoms with E-state index in [-0.39, 0.29) is 42.8 Å². The number of amides is 3. The van der Waals surface area contributed by atoms with E-state index in [0.29, 0.717) is 31.5 Å². The van der Waals surface area contributed by atoms with Gasteiger partial charge < -0.3 is 34.4 Å². The van der Waals surface area contributed by atoms with Crippen LogP contribution in [-0.4, -0.2) is 107 Å². The Balaban J connectivity index is 1.68. The number of ether oxygens (including phenoxy) is 3. The van der Waals surface area contributed by atoms with Gasteiger partial charge in [-0.1, -0.05) is 78.2 Å². The van der Waals surface area contributed by atoms with E-state index in [0.717, 1.165) is 19.3 Å². The molecule has 2 bridgehead atoms. The van der Waals surface area contributed by atoms with Crippen molar-refractivity contribution in [2.45, 2.75) is 80.2 Å². The Kier molecular flexibility index (Phi) is 13.2. The molecule has 11 nitrogen and oxygen atoms in total. The summed E-state index contributed by atoms with van der Waals surface area (Å²) in [6, 6.07) is 7.30. The zero-order valence-electron chi connectivity index (χ0n) is 27.4. The van der Waals surface area contributed by atoms with E-state index in [1.54, 1.807) is 29.2 Å². The molecule has 4 rings (SSSR count). The van der Waals surface area contributed by atoms with Crippen molar-refractivity contribution in [2.24, 2.45) is 11.8 Å². The number of esters is 1. The molecule has 0 saturated carbocycles. The average molecular weight is 719 g/mol. The summed E-state index contributed by atoms with van der Waals surface area (Å²) in [4.78, 5) is 58.4. The fourth-order valence-corrected chi connectivity index (χ4v) is 8.27. The van der Waals surface area contributed by atoms with Crippen molar-refractivity contribution in [1.29, 1.82) is 0 Å². The number of nitrogens with one attached hydrogen (secondary N) is 1. The topological polar surface area (TPSA) is 135 Å². The molecule has 47 heavy (non-hydrogen) atoms. The molecule has 258 valence electrons. The molecule has 3 heterocycles. The van der Waals surface area contributed by atoms with E-state index in [4.69, 9.17) is 14.2 Å². The lowest BCUT2D eigenvalue weighted by Crippen LogP contribution is -2.57. The molecule has 2 N–H and O–H groups in total. The van der Waals surface area contributed by atoms with Gasteiger partial charge in [0.25, 0.3) is 0 Å². The molecule has 3 amide bonds. The lowest BCUT2D eigenvalue weighted by molar-refractivity contribution is -0.163. The van der Waals surface area contributed by atoms with Crippen LogP contribution in [0.2, 0.25) is 0 Å². The van der Waals surface area contributed by atoms with E-state index < -0.39 is 53.6 Å². The Morgan fingerprint density at radius 2 is 1.98 bits per heavy atom. The number of aliphatic hydroxyl groups is 1. The largest absolute Gasteiger partial charge is 0.455 e. The van der Waals surface area contributed by atoms with Gasteiger partial charge in [-0.2, -0.15) is 0 Å². The first-order chi connectivity index (χ1) is 22.7. The predicted molar refractivity (Wildman–Crippen MR) is 179 cm³/mol. The number of rotatable bonds is 19. The van der Waals surface area contributed by atoms with Gasteiger partial charge in [-0.15, -0.1) is 13.2 Å². The number of carbonyl (C=O) groups is 4. The summed E-state index contributed by atoms with van der Waals surface area (Å²) in [5.41, 5.74) is -0.649. The Hall–Kier alpha value is -3.06. The normalized spacial score (nSPS) is 27.2. The van der Waals surface area contributed by atoms with Crippen LogP contribution in [0.3, 0.4) is 0 Å². The first kappa shape index (κ1) is 36.8. The molecule has 3 saturated heterocycles. The minimum Gasteiger partial charge on any atom is -0.455 e. The molecule has 3 aliphatic rings. The summed E-state index contributed by atoms with van der Waals surface area (Å²) in [5, 5.41) is 12.9. The van der Waals surface area contributed by atoms with E-state index in [1.807, 2.05) is 18.2 Å². The zero-order chi connectivity index (χ0) is 34.1. The van der Waals surface area contributed by atoms with Gasteiger partial charge in [0, 0.05) is 38.0 Å². The van der Waals surface area contributed by atoms with Crippen molar-refractivity contribution in [3.05, 3.63) is 61.2 Å². The summed E-state index contributed by atoms with van der Waals surface area (Å²) >= 11 is 3.69. The summed E-state index contributed by atoms with van der Waals surface area (Å²) in [6.45, 7) is 10.00. The Morgan fingerprint density at radius 3 is 2.62 bits per heavy atom. The fourth-order valence-electron chi connectivity index (χ4n) is 7.32. The molecule has 1 aromatic carbocycles. The third-order valence-corrected chi connectivity index (χ3v) is 10.2. The van der Waals surface area contributed by atoms with E-state index >= 15 is 0 Å². The average Bonchev–Trinajstić information content (AvgIpc) is 3.65. The van der Waals surface area contributed by atoms with Crippen molar-refractivity contribution < 1.29 is 38.5 Å². The van der Waals surface area contributed by atoms with Gasteiger partial charge in [-0.05, 0) is 24.8 Å². The highest BCUT2D eigenvalue weighted by Crippen LogP contribution is 2.60. The minimum atomic E-state index is -1.29. The summed E-state index contributed by atoms with van der Waals surface area (Å²) < 4.78 is 18.3. The molecular formula is C35H48BrN3O8. The third-order valence-electron chi connectivity index (χ3n) is 9.33. The van der Waals surface area contributed by atoms with Gasteiger partial charge in [-0.25, -0.2) is 0 Å². The van der Waals surface area contributed by atoms with E-state index in [2.05, 4.69) is 41.3 Å². The Bertz CT molecular complexity index is 1280. The highest BCUT2D eigenvalue weighted by Gasteiger charge is 2.77. The van der Waals surface area contributed by atoms with Gasteiger partial charge in [-0.3, -0.25) is 19.2 Å². The van der Waals surface area contributed by atoms with Crippen molar-refractivity contribution in [2.75, 3.05) is 40.0 Å². The number of likely N-dealkylation sites (tertiary alicyclic amines) is 1. The number of halogens is 1. The number of allylic oxidation sites excluding steroid dienone is 1. The molecule has 0 aliphatic carbocycles. The molecule has 0 radical (unpaired) electrons. The fraction of sp³-hybridized carbons (Fsp3) is 0.600. The quantitative estimate of drug-likeness (QED) is 0.0964. The maximum atomic E-state index is 14.3. The lowest BCUT2D eigenvalue weighted by atomic mass is 9.70. The van der Waals surface area contributed by atoms with Crippen LogP contribution in [0.5, 0.6) is 0 Å². The molecular weight excluding hydrogens is 670 g/mol. The van der Waals surface area contributed by atoms with Gasteiger partial charge >= 0.3 is 5.97 Å². The number of carbonyl (C=O) groups excluding carboxylic acids is 4. The molecule has 0 aromatic heterocycles. The second kappa shape index (κ2) is 16.9. The molecule has 8 atom stereocenters. The standard InChI is InChI=1S/C35H48BrN3O8/c1-5-8-13-18-38(17-7-3)33(43)31-35-21-24(36)30(47-35)27(28(35)32(42)39(31)19-20-40)34(44)46-29(23-14-11-10-12-15-23)25(22-45-4)37-26(41)16-9-6-2/h6-7,10-12,14-15,24-25,27-31,40H,2-3,5,8-9,13,16-22H2,1,4H3,(H,37,41)/t24?,25-,27+,28-,29-,30+,31+,35-/m0/s1. The molecule has 1 spiro atoms. The van der Waals surface area contributed by atoms with E-state index in [1.165, 1.54) is 12.0 Å². The van der Waals surface area contributed by atoms with Crippen LogP contribution in [0.25, 0.3) is 0 Å². The predicted octanol–water partition coefficient (Wildman–Crippen LogP) is 3.31. The van der Waals surface area contributed by atoms with Crippen LogP contribution in [0.4, 0.5) is 0 Å². The van der Waals surface area contributed by atoms with Crippen LogP contribution in [0.1, 0.15) is 57.1 Å². The number of benzene rings is 1. The first-order valence-electron chi connectivity index (χ1n) is 16.5. The SMILES string of the molecule is C=CCCC(=O)N[C@@H](COC)[C@@H](OC(=O)[C@H]1[C@@H]2O[C@@]3(CC2Br)[C@@H]1C(=O)N(CCO)[C@@H]3C(=O)N(CC=C)CCCCC)c1ccccc1. The van der Waals surface area contributed by atoms with Crippen LogP contribution >= 0.6 is 15.9 Å². The van der Waals surface area contributed by atoms with Crippen LogP contribution in [0.15, 0.2) is 55.6 Å². The number of alkyl halides is 1. The second-order valence-electron chi connectivity index (χ2n) is 12.4. The Labute approximate surface area is 285 Å². The van der Waals surface area contributed by atoms with Gasteiger partial charge in [0.1, 0.15) is 17.7 Å². The molecule has 3 fully saturated rings. The smallest absolute Gasteiger partial charge is 0.313 e. The second-order valence-corrected chi connectivity index (χ2v) is 13.6. The van der Waals surface area contributed by atoms with E-state index in [9.17, 15) is 24.3 Å². The summed E-state index contributed by atoms with van der Waals surface area (Å²) in [6.07, 6.45) is 5.38. The number of fused-ring (bicyclic) bond motifs is 1. The molecule has 1 unspecified atom stereocenters. The van der Waals surface area contributed by atoms with Gasteiger partial charge in [0.15, 0.2) is 0 Å². The number of nitrogens with zero attached hydrogens (tertiary/aromatic N) is 2. The third kappa shape index (κ3) is 7.66. The maximum Gasteiger partial charge on any atom is 0.313 e. The van der Waals surface area contributed by atoms with Crippen LogP contribution in [0, 0.1) is 11.8 Å². The number of β-amino-alcohol motifs (C(OH)–C–C–N with tert-alkyl or cyclic N) is 1. The summed E-state index contributed by atoms with van der Waals surface area (Å²) in [5.74, 6) is -3.65. The van der Waals surface area contributed by atoms with Crippen molar-refractivity contribution in [3.8, 4) is 0 Å². The van der Waals surface area contributed by atoms with Crippen molar-refractivity contribution in [1.82, 2.24) is 15.1 Å². The monoisotopic (exact) mass is 717 g/mol. The Morgan fingerprint density at radius 1 is 1.23 bits per heavy atom. The summed E-state index contributed by atoms with van der Waals surface area (Å²) in [7, 11) is 1.50. The van der Waals surface area contributed by atoms with Gasteiger partial charge in [0.2, 0.25) is 17.7 Å². The van der Waals surface area contributed by atoms with Crippen LogP contribution < -0.4 is 5.32 Å². The lowest BCUT2D eigenvalue weighted by Gasteiger charge is -2.37. The van der Waals surface area contributed by atoms with Gasteiger partial charge in [0.05, 0.1) is 37.2 Å². The number of aliphatic hydroxyl groups excluding tert-OH is 1. The highest BCUT2D eigenvalue weighted by atomic mass is 79.9. The van der Waals surface area contributed by atoms with Crippen molar-refractivity contribution >= 4 is 39.6 Å². The maximum absolute atomic E-state index is 14.3. The molecule has 12 heteroatoms. The minimum absolute atomic E-state index is 0.0582. The number of unbranched alkanes of at least 4 members (excludes halogenated alkanes) is 2. The van der Waals surface area contributed by atoms with Crippen LogP contribution in [-0.2, 0) is 33.4 Å².